The molecule has 0 aliphatic carbocycles. The van der Waals surface area contributed by atoms with Crippen molar-refractivity contribution in [3.8, 4) is 10.4 Å². The third kappa shape index (κ3) is 4.39. The van der Waals surface area contributed by atoms with Crippen molar-refractivity contribution >= 4 is 17.0 Å². The molecule has 3 rings (SSSR count). The molecule has 0 saturated carbocycles. The molecule has 1 aromatic heterocycles. The van der Waals surface area contributed by atoms with Gasteiger partial charge in [-0.2, -0.15) is 23.5 Å². The van der Waals surface area contributed by atoms with E-state index in [1.54, 1.807) is 11.3 Å². The van der Waals surface area contributed by atoms with Crippen LogP contribution in [0.2, 0.25) is 0 Å². The Hall–Kier alpha value is -1.28. The van der Waals surface area contributed by atoms with E-state index in [-0.39, 0.29) is 17.1 Å². The molecule has 3 heteroatoms. The Kier molecular flexibility index (Phi) is 6.65. The number of hydrogen-bond acceptors (Lipinski definition) is 2. The van der Waals surface area contributed by atoms with E-state index in [0.717, 1.165) is 0 Å². The summed E-state index contributed by atoms with van der Waals surface area (Å²) in [5.41, 5.74) is 2.63. The van der Waals surface area contributed by atoms with E-state index in [1.807, 2.05) is 30.3 Å². The van der Waals surface area contributed by atoms with Gasteiger partial charge in [0.2, 0.25) is 0 Å². The zero-order chi connectivity index (χ0) is 12.8. The molecule has 0 aliphatic heterocycles. The second-order valence-corrected chi connectivity index (χ2v) is 5.11. The van der Waals surface area contributed by atoms with Crippen LogP contribution in [0.3, 0.4) is 0 Å². The van der Waals surface area contributed by atoms with Crippen LogP contribution in [-0.4, -0.2) is 14.1 Å². The van der Waals surface area contributed by atoms with Crippen LogP contribution < -0.4 is 4.90 Å². The van der Waals surface area contributed by atoms with E-state index in [2.05, 4.69) is 54.7 Å². The van der Waals surface area contributed by atoms with Crippen molar-refractivity contribution in [1.82, 2.24) is 0 Å². The van der Waals surface area contributed by atoms with E-state index in [0.29, 0.717) is 0 Å². The molecule has 0 unspecified atom stereocenters. The van der Waals surface area contributed by atoms with Crippen LogP contribution in [0.1, 0.15) is 0 Å². The minimum atomic E-state index is 0. The van der Waals surface area contributed by atoms with Gasteiger partial charge in [-0.1, -0.05) is 12.1 Å². The van der Waals surface area contributed by atoms with Crippen molar-refractivity contribution < 1.29 is 17.1 Å². The van der Waals surface area contributed by atoms with E-state index in [9.17, 15) is 0 Å². The van der Waals surface area contributed by atoms with Crippen LogP contribution in [0, 0.1) is 0 Å². The summed E-state index contributed by atoms with van der Waals surface area (Å²) in [6.07, 6.45) is 0. The Labute approximate surface area is 129 Å². The molecule has 0 fully saturated rings. The molecule has 0 amide bonds. The van der Waals surface area contributed by atoms with Gasteiger partial charge in [0.05, 0.1) is 0 Å². The van der Waals surface area contributed by atoms with Crippen molar-refractivity contribution in [2.24, 2.45) is 0 Å². The molecule has 3 aromatic rings. The molecule has 0 bridgehead atoms. The van der Waals surface area contributed by atoms with Crippen LogP contribution in [-0.2, 0) is 17.1 Å². The fourth-order valence-corrected chi connectivity index (χ4v) is 2.52. The van der Waals surface area contributed by atoms with Gasteiger partial charge in [-0.05, 0) is 30.0 Å². The quantitative estimate of drug-likeness (QED) is 0.494. The predicted molar refractivity (Wildman–Crippen MR) is 81.7 cm³/mol. The van der Waals surface area contributed by atoms with E-state index >= 15 is 0 Å². The normalized spacial score (nSPS) is 9.16. The summed E-state index contributed by atoms with van der Waals surface area (Å²) in [5.74, 6) is 0. The minimum Gasteiger partial charge on any atom is -0.748 e. The summed E-state index contributed by atoms with van der Waals surface area (Å²) in [6.45, 7) is 0. The number of rotatable bonds is 2. The van der Waals surface area contributed by atoms with Crippen LogP contribution in [0.5, 0.6) is 0 Å². The van der Waals surface area contributed by atoms with Crippen molar-refractivity contribution in [3.63, 3.8) is 0 Å². The second kappa shape index (κ2) is 8.00. The predicted octanol–water partition coefficient (Wildman–Crippen LogP) is 4.60. The zero-order valence-electron chi connectivity index (χ0n) is 11.1. The van der Waals surface area contributed by atoms with Gasteiger partial charge in [0.15, 0.2) is 0 Å². The minimum absolute atomic E-state index is 0. The van der Waals surface area contributed by atoms with Gasteiger partial charge in [0.1, 0.15) is 0 Å². The van der Waals surface area contributed by atoms with E-state index in [1.165, 1.54) is 16.1 Å². The van der Waals surface area contributed by atoms with Crippen molar-refractivity contribution in [2.45, 2.75) is 0 Å². The van der Waals surface area contributed by atoms with Gasteiger partial charge in [0.25, 0.3) is 0 Å². The summed E-state index contributed by atoms with van der Waals surface area (Å²) in [4.78, 5) is 3.49. The van der Waals surface area contributed by atoms with Crippen LogP contribution in [0.25, 0.3) is 10.4 Å². The number of hydrogen-bond donors (Lipinski definition) is 0. The molecule has 0 saturated heterocycles. The first-order valence-electron chi connectivity index (χ1n) is 5.92. The molecular weight excluding hydrogens is 294 g/mol. The maximum absolute atomic E-state index is 2.17. The van der Waals surface area contributed by atoms with Crippen LogP contribution >= 0.6 is 11.3 Å². The standard InChI is InChI=1S/C11H12NS.C5H5.Fe/c1-12(2)10-6-3-5-9(10)11-7-4-8-13-11;1-2-4-5-3-1;/h3-8H,1-2H3;1-5H;/q-1;-5;. The fourth-order valence-electron chi connectivity index (χ4n) is 1.76. The van der Waals surface area contributed by atoms with Gasteiger partial charge >= 0.3 is 0 Å². The molecule has 0 radical (unpaired) electrons. The molecule has 106 valence electrons. The smallest absolute Gasteiger partial charge is 0 e. The number of nitrogens with zero attached hydrogens (tertiary/aromatic N) is 1. The zero-order valence-corrected chi connectivity index (χ0v) is 13.0. The molecular formula is C16H17FeNS-6. The molecule has 19 heavy (non-hydrogen) atoms. The van der Waals surface area contributed by atoms with Gasteiger partial charge in [-0.25, -0.2) is 0 Å². The Morgan fingerprint density at radius 1 is 1.00 bits per heavy atom. The SMILES string of the molecule is CN(C)[c-]1cccc1-c1cccs1.[Fe].[cH-]1[cH-][cH-][cH-][cH-]1. The maximum Gasteiger partial charge on any atom is 0 e. The van der Waals surface area contributed by atoms with Gasteiger partial charge in [0, 0.05) is 17.1 Å². The molecule has 0 spiro atoms. The van der Waals surface area contributed by atoms with Gasteiger partial charge in [-0.15, -0.1) is 11.6 Å². The largest absolute Gasteiger partial charge is 0.748 e. The second-order valence-electron chi connectivity index (χ2n) is 4.16. The first kappa shape index (κ1) is 15.8. The Balaban J connectivity index is 0.000000256. The number of anilines is 1. The molecule has 1 heterocycles. The van der Waals surface area contributed by atoms with E-state index < -0.39 is 0 Å². The topological polar surface area (TPSA) is 3.24 Å². The summed E-state index contributed by atoms with van der Waals surface area (Å²) in [5, 5.41) is 2.11. The fraction of sp³-hybridized carbons (Fsp3) is 0.125. The average Bonchev–Trinajstić information content (AvgIpc) is 3.14. The molecule has 0 aliphatic rings. The van der Waals surface area contributed by atoms with Crippen LogP contribution in [0.15, 0.2) is 66.0 Å². The third-order valence-corrected chi connectivity index (χ3v) is 3.52. The van der Waals surface area contributed by atoms with Crippen molar-refractivity contribution in [2.75, 3.05) is 19.0 Å². The first-order valence-corrected chi connectivity index (χ1v) is 6.80. The Morgan fingerprint density at radius 3 is 2.11 bits per heavy atom. The molecule has 0 atom stereocenters. The summed E-state index contributed by atoms with van der Waals surface area (Å²) in [7, 11) is 4.15. The van der Waals surface area contributed by atoms with Gasteiger partial charge in [-0.3, -0.25) is 0 Å². The molecule has 0 N–H and O–H groups in total. The van der Waals surface area contributed by atoms with E-state index in [4.69, 9.17) is 0 Å². The Morgan fingerprint density at radius 2 is 1.63 bits per heavy atom. The maximum atomic E-state index is 2.17. The summed E-state index contributed by atoms with van der Waals surface area (Å²) >= 11 is 1.79. The average molecular weight is 311 g/mol. The van der Waals surface area contributed by atoms with Crippen molar-refractivity contribution in [1.29, 1.82) is 0 Å². The molecule has 1 nitrogen and oxygen atoms in total. The monoisotopic (exact) mass is 311 g/mol. The third-order valence-electron chi connectivity index (χ3n) is 2.62. The van der Waals surface area contributed by atoms with Gasteiger partial charge < -0.3 is 35.2 Å². The summed E-state index contributed by atoms with van der Waals surface area (Å²) in [6, 6.07) is 20.7. The first-order chi connectivity index (χ1) is 8.79. The summed E-state index contributed by atoms with van der Waals surface area (Å²) < 4.78 is 0. The Bertz CT molecular complexity index is 518. The molecule has 2 aromatic carbocycles. The van der Waals surface area contributed by atoms with Crippen molar-refractivity contribution in [3.05, 3.63) is 66.0 Å². The number of thiophene rings is 1. The van der Waals surface area contributed by atoms with Crippen LogP contribution in [0.4, 0.5) is 5.69 Å².